The van der Waals surface area contributed by atoms with Gasteiger partial charge in [-0.1, -0.05) is 30.3 Å². The molecule has 1 aliphatic heterocycles. The molecule has 0 aliphatic carbocycles. The fourth-order valence-electron chi connectivity index (χ4n) is 2.77. The molecule has 0 radical (unpaired) electrons. The van der Waals surface area contributed by atoms with E-state index >= 15 is 0 Å². The summed E-state index contributed by atoms with van der Waals surface area (Å²) in [7, 11) is 0. The molecule has 1 saturated heterocycles. The van der Waals surface area contributed by atoms with Gasteiger partial charge >= 0.3 is 0 Å². The molecule has 0 unspecified atom stereocenters. The Morgan fingerprint density at radius 3 is 2.38 bits per heavy atom. The molecule has 3 aromatic rings. The summed E-state index contributed by atoms with van der Waals surface area (Å²) in [5.74, 6) is 2.12. The minimum Gasteiger partial charge on any atom is -0.240 e. The second-order valence-electron chi connectivity index (χ2n) is 5.64. The second-order valence-corrected chi connectivity index (χ2v) is 8.37. The first-order valence-corrected chi connectivity index (χ1v) is 10.1. The van der Waals surface area contributed by atoms with Crippen molar-refractivity contribution in [1.29, 1.82) is 0 Å². The Kier molecular flexibility index (Phi) is 4.63. The number of rotatable bonds is 3. The average molecular weight is 356 g/mol. The number of hydrogen-bond donors (Lipinski definition) is 0. The van der Waals surface area contributed by atoms with E-state index in [9.17, 15) is 4.39 Å². The van der Waals surface area contributed by atoms with Gasteiger partial charge in [0, 0.05) is 11.8 Å². The lowest BCUT2D eigenvalue weighted by molar-refractivity contribution is 0.628. The highest BCUT2D eigenvalue weighted by Crippen LogP contribution is 2.46. The summed E-state index contributed by atoms with van der Waals surface area (Å²) < 4.78 is 15.6. The van der Waals surface area contributed by atoms with Gasteiger partial charge in [-0.2, -0.15) is 5.10 Å². The Bertz CT molecular complexity index is 809. The van der Waals surface area contributed by atoms with Crippen molar-refractivity contribution >= 4 is 23.5 Å². The fraction of sp³-hybridized carbons (Fsp3) is 0.211. The number of benzene rings is 2. The molecule has 0 bridgehead atoms. The first kappa shape index (κ1) is 15.8. The van der Waals surface area contributed by atoms with E-state index in [1.807, 2.05) is 70.7 Å². The zero-order chi connectivity index (χ0) is 16.4. The molecule has 2 aromatic carbocycles. The molecule has 0 amide bonds. The molecule has 4 rings (SSSR count). The van der Waals surface area contributed by atoms with Gasteiger partial charge in [-0.25, -0.2) is 9.07 Å². The summed E-state index contributed by atoms with van der Waals surface area (Å²) in [4.78, 5) is 0. The summed E-state index contributed by atoms with van der Waals surface area (Å²) in [6.07, 6.45) is 3.31. The van der Waals surface area contributed by atoms with E-state index in [1.54, 1.807) is 0 Å². The predicted octanol–water partition coefficient (Wildman–Crippen LogP) is 5.55. The summed E-state index contributed by atoms with van der Waals surface area (Å²) >= 11 is 3.90. The van der Waals surface area contributed by atoms with Gasteiger partial charge in [-0.15, -0.1) is 23.5 Å². The van der Waals surface area contributed by atoms with Gasteiger partial charge in [0.05, 0.1) is 16.0 Å². The number of nitrogens with zero attached hydrogens (tertiary/aromatic N) is 2. The topological polar surface area (TPSA) is 17.8 Å². The third-order valence-corrected chi connectivity index (χ3v) is 6.89. The molecule has 0 atom stereocenters. The Labute approximate surface area is 149 Å². The molecule has 1 fully saturated rings. The van der Waals surface area contributed by atoms with Crippen LogP contribution in [0.25, 0.3) is 16.8 Å². The lowest BCUT2D eigenvalue weighted by Crippen LogP contribution is -2.03. The first-order valence-electron chi connectivity index (χ1n) is 7.95. The summed E-state index contributed by atoms with van der Waals surface area (Å²) in [5.41, 5.74) is 4.23. The molecule has 0 N–H and O–H groups in total. The maximum Gasteiger partial charge on any atom is 0.123 e. The minimum atomic E-state index is -0.211. The van der Waals surface area contributed by atoms with Crippen LogP contribution in [0.4, 0.5) is 4.39 Å². The third kappa shape index (κ3) is 3.23. The highest BCUT2D eigenvalue weighted by atomic mass is 32.2. The van der Waals surface area contributed by atoms with E-state index in [0.717, 1.165) is 22.5 Å². The van der Waals surface area contributed by atoms with Crippen molar-refractivity contribution in [3.8, 4) is 16.8 Å². The maximum absolute atomic E-state index is 13.3. The van der Waals surface area contributed by atoms with Crippen LogP contribution in [0.15, 0.2) is 60.8 Å². The number of halogens is 1. The first-order chi connectivity index (χ1) is 11.8. The molecule has 122 valence electrons. The molecule has 1 aromatic heterocycles. The maximum atomic E-state index is 13.3. The number of hydrogen-bond acceptors (Lipinski definition) is 3. The van der Waals surface area contributed by atoms with Gasteiger partial charge in [0.25, 0.3) is 0 Å². The Balaban J connectivity index is 1.80. The highest BCUT2D eigenvalue weighted by Gasteiger charge is 2.24. The number of para-hydroxylation sites is 1. The second kappa shape index (κ2) is 7.03. The Hall–Kier alpha value is -1.72. The lowest BCUT2D eigenvalue weighted by atomic mass is 10.1. The van der Waals surface area contributed by atoms with Crippen molar-refractivity contribution < 1.29 is 4.39 Å². The monoisotopic (exact) mass is 356 g/mol. The normalized spacial score (nSPS) is 15.5. The fourth-order valence-corrected chi connectivity index (χ4v) is 5.63. The Morgan fingerprint density at radius 1 is 0.958 bits per heavy atom. The SMILES string of the molecule is Fc1ccc(-c2cn(-c3ccccc3)nc2C2SCCCS2)cc1. The minimum absolute atomic E-state index is 0.211. The van der Waals surface area contributed by atoms with E-state index in [1.165, 1.54) is 30.1 Å². The smallest absolute Gasteiger partial charge is 0.123 e. The molecular formula is C19H17FN2S2. The quantitative estimate of drug-likeness (QED) is 0.613. The van der Waals surface area contributed by atoms with Crippen molar-refractivity contribution in [2.75, 3.05) is 11.5 Å². The van der Waals surface area contributed by atoms with Crippen LogP contribution in [0.1, 0.15) is 16.7 Å². The largest absolute Gasteiger partial charge is 0.240 e. The molecule has 5 heteroatoms. The van der Waals surface area contributed by atoms with Gasteiger partial charge in [-0.05, 0) is 47.8 Å². The average Bonchev–Trinajstić information content (AvgIpc) is 3.09. The Morgan fingerprint density at radius 2 is 1.67 bits per heavy atom. The number of aromatic nitrogens is 2. The van der Waals surface area contributed by atoms with Gasteiger partial charge in [0.2, 0.25) is 0 Å². The van der Waals surface area contributed by atoms with Crippen LogP contribution < -0.4 is 0 Å². The predicted molar refractivity (Wildman–Crippen MR) is 101 cm³/mol. The molecule has 24 heavy (non-hydrogen) atoms. The van der Waals surface area contributed by atoms with Crippen molar-refractivity contribution in [3.63, 3.8) is 0 Å². The number of thioether (sulfide) groups is 2. The van der Waals surface area contributed by atoms with Crippen molar-refractivity contribution in [2.24, 2.45) is 0 Å². The van der Waals surface area contributed by atoms with E-state index in [2.05, 4.69) is 6.20 Å². The van der Waals surface area contributed by atoms with Crippen LogP contribution in [0.3, 0.4) is 0 Å². The lowest BCUT2D eigenvalue weighted by Gasteiger charge is -2.20. The molecule has 2 heterocycles. The third-order valence-electron chi connectivity index (χ3n) is 3.97. The van der Waals surface area contributed by atoms with Gasteiger partial charge in [-0.3, -0.25) is 0 Å². The van der Waals surface area contributed by atoms with Crippen LogP contribution in [0, 0.1) is 5.82 Å². The van der Waals surface area contributed by atoms with Crippen LogP contribution in [-0.2, 0) is 0 Å². The van der Waals surface area contributed by atoms with E-state index in [0.29, 0.717) is 4.58 Å². The van der Waals surface area contributed by atoms with Crippen molar-refractivity contribution in [2.45, 2.75) is 11.0 Å². The standard InChI is InChI=1S/C19H17FN2S2/c20-15-9-7-14(8-10-15)17-13-22(16-5-2-1-3-6-16)21-18(17)19-23-11-4-12-24-19/h1-3,5-10,13,19H,4,11-12H2. The van der Waals surface area contributed by atoms with E-state index < -0.39 is 0 Å². The summed E-state index contributed by atoms with van der Waals surface area (Å²) in [6, 6.07) is 16.8. The van der Waals surface area contributed by atoms with Gasteiger partial charge in [0.15, 0.2) is 0 Å². The van der Waals surface area contributed by atoms with E-state index in [-0.39, 0.29) is 5.82 Å². The molecule has 0 saturated carbocycles. The van der Waals surface area contributed by atoms with Gasteiger partial charge in [0.1, 0.15) is 5.82 Å². The molecule has 2 nitrogen and oxygen atoms in total. The van der Waals surface area contributed by atoms with Gasteiger partial charge < -0.3 is 0 Å². The highest BCUT2D eigenvalue weighted by molar-refractivity contribution is 8.16. The zero-order valence-corrected chi connectivity index (χ0v) is 14.7. The van der Waals surface area contributed by atoms with Crippen LogP contribution in [0.5, 0.6) is 0 Å². The zero-order valence-electron chi connectivity index (χ0n) is 13.1. The molecular weight excluding hydrogens is 339 g/mol. The van der Waals surface area contributed by atoms with Crippen LogP contribution in [0.2, 0.25) is 0 Å². The van der Waals surface area contributed by atoms with Crippen molar-refractivity contribution in [3.05, 3.63) is 72.3 Å². The van der Waals surface area contributed by atoms with Crippen molar-refractivity contribution in [1.82, 2.24) is 9.78 Å². The summed E-state index contributed by atoms with van der Waals surface area (Å²) in [6.45, 7) is 0. The van der Waals surface area contributed by atoms with E-state index in [4.69, 9.17) is 5.10 Å². The molecule has 1 aliphatic rings. The molecule has 0 spiro atoms. The van der Waals surface area contributed by atoms with Crippen LogP contribution >= 0.6 is 23.5 Å². The van der Waals surface area contributed by atoms with Crippen LogP contribution in [-0.4, -0.2) is 21.3 Å². The summed E-state index contributed by atoms with van der Waals surface area (Å²) in [5, 5.41) is 4.88.